The highest BCUT2D eigenvalue weighted by Crippen LogP contribution is 2.33. The zero-order valence-corrected chi connectivity index (χ0v) is 12.1. The largest absolute Gasteiger partial charge is 0.490 e. The first-order valence-electron chi connectivity index (χ1n) is 4.59. The van der Waals surface area contributed by atoms with E-state index in [1.807, 2.05) is 0 Å². The van der Waals surface area contributed by atoms with Crippen molar-refractivity contribution in [2.24, 2.45) is 21.7 Å². The summed E-state index contributed by atoms with van der Waals surface area (Å²) in [4.78, 5) is 10.3. The van der Waals surface area contributed by atoms with Gasteiger partial charge in [0.1, 0.15) is 0 Å². The third-order valence-corrected chi connectivity index (χ3v) is 2.29. The Kier molecular flexibility index (Phi) is 6.80. The number of nitrogens with two attached hydrogens (primary N) is 2. The second-order valence-corrected chi connectivity index (χ2v) is 3.99. The maximum Gasteiger partial charge on any atom is 0.312 e. The zero-order valence-electron chi connectivity index (χ0n) is 9.74. The van der Waals surface area contributed by atoms with Crippen LogP contribution >= 0.6 is 28.3 Å². The van der Waals surface area contributed by atoms with E-state index in [1.165, 1.54) is 19.4 Å². The second-order valence-electron chi connectivity index (χ2n) is 3.07. The van der Waals surface area contributed by atoms with Gasteiger partial charge >= 0.3 is 5.69 Å². The molecule has 0 aromatic heterocycles. The van der Waals surface area contributed by atoms with Gasteiger partial charge < -0.3 is 16.2 Å². The average molecular weight is 353 g/mol. The molecule has 4 N–H and O–H groups in total. The zero-order chi connectivity index (χ0) is 13.7. The molecule has 1 aromatic carbocycles. The Bertz CT molecular complexity index is 531. The normalized spacial score (nSPS) is 9.79. The molecular weight excluding hydrogens is 341 g/mol. The van der Waals surface area contributed by atoms with Crippen LogP contribution < -0.4 is 16.2 Å². The molecule has 10 heteroatoms. The van der Waals surface area contributed by atoms with Gasteiger partial charge in [0.2, 0.25) is 11.7 Å². The first-order chi connectivity index (χ1) is 8.45. The molecule has 0 unspecified atom stereocenters. The number of hydrogen-bond acceptors (Lipinski definition) is 5. The Morgan fingerprint density at radius 3 is 2.63 bits per heavy atom. The molecule has 0 heterocycles. The van der Waals surface area contributed by atoms with Crippen LogP contribution in [0, 0.1) is 10.1 Å². The second kappa shape index (κ2) is 7.54. The van der Waals surface area contributed by atoms with Crippen LogP contribution in [0.4, 0.5) is 5.69 Å². The SMILES string of the molecule is COc1c(/C=N/N=C(N)N)cc(Br)cc1[N+](=O)[O-].Cl. The number of hydrogen-bond donors (Lipinski definition) is 2. The van der Waals surface area contributed by atoms with Crippen molar-refractivity contribution in [2.45, 2.75) is 0 Å². The fourth-order valence-electron chi connectivity index (χ4n) is 1.21. The predicted octanol–water partition coefficient (Wildman–Crippen LogP) is 1.39. The number of guanidine groups is 1. The molecular formula is C9H11BrClN5O3. The number of rotatable bonds is 4. The Balaban J connectivity index is 0.00000324. The highest BCUT2D eigenvalue weighted by atomic mass is 79.9. The van der Waals surface area contributed by atoms with Crippen LogP contribution in [-0.4, -0.2) is 24.2 Å². The van der Waals surface area contributed by atoms with Gasteiger partial charge in [-0.3, -0.25) is 10.1 Å². The van der Waals surface area contributed by atoms with E-state index in [1.54, 1.807) is 6.07 Å². The third kappa shape index (κ3) is 4.72. The molecule has 1 aromatic rings. The van der Waals surface area contributed by atoms with E-state index in [4.69, 9.17) is 16.2 Å². The van der Waals surface area contributed by atoms with Gasteiger partial charge in [0.05, 0.1) is 18.2 Å². The van der Waals surface area contributed by atoms with Gasteiger partial charge in [-0.2, -0.15) is 5.10 Å². The maximum absolute atomic E-state index is 10.9. The van der Waals surface area contributed by atoms with E-state index in [2.05, 4.69) is 26.1 Å². The molecule has 0 atom stereocenters. The molecule has 0 radical (unpaired) electrons. The topological polar surface area (TPSA) is 129 Å². The van der Waals surface area contributed by atoms with Crippen molar-refractivity contribution < 1.29 is 9.66 Å². The Morgan fingerprint density at radius 2 is 2.16 bits per heavy atom. The monoisotopic (exact) mass is 351 g/mol. The lowest BCUT2D eigenvalue weighted by molar-refractivity contribution is -0.385. The summed E-state index contributed by atoms with van der Waals surface area (Å²) in [5.74, 6) is -0.132. The van der Waals surface area contributed by atoms with Gasteiger partial charge in [-0.15, -0.1) is 17.5 Å². The molecule has 104 valence electrons. The van der Waals surface area contributed by atoms with Crippen LogP contribution in [-0.2, 0) is 0 Å². The molecule has 0 aliphatic carbocycles. The van der Waals surface area contributed by atoms with Crippen molar-refractivity contribution in [3.05, 3.63) is 32.3 Å². The van der Waals surface area contributed by atoms with Gasteiger partial charge in [-0.25, -0.2) is 0 Å². The van der Waals surface area contributed by atoms with Gasteiger partial charge in [0.15, 0.2) is 0 Å². The Morgan fingerprint density at radius 1 is 1.53 bits per heavy atom. The molecule has 0 aliphatic heterocycles. The number of methoxy groups -OCH3 is 1. The number of nitro groups is 1. The minimum atomic E-state index is -0.554. The summed E-state index contributed by atoms with van der Waals surface area (Å²) in [6.45, 7) is 0. The van der Waals surface area contributed by atoms with Crippen molar-refractivity contribution in [3.8, 4) is 5.75 Å². The van der Waals surface area contributed by atoms with Gasteiger partial charge in [-0.05, 0) is 6.07 Å². The van der Waals surface area contributed by atoms with Crippen LogP contribution in [0.2, 0.25) is 0 Å². The molecule has 0 saturated heterocycles. The summed E-state index contributed by atoms with van der Waals surface area (Å²) < 4.78 is 5.50. The fourth-order valence-corrected chi connectivity index (χ4v) is 1.67. The summed E-state index contributed by atoms with van der Waals surface area (Å²) in [6.07, 6.45) is 1.26. The van der Waals surface area contributed by atoms with Crippen LogP contribution in [0.3, 0.4) is 0 Å². The summed E-state index contributed by atoms with van der Waals surface area (Å²) in [5, 5.41) is 17.8. The van der Waals surface area contributed by atoms with Gasteiger partial charge in [0.25, 0.3) is 0 Å². The number of nitrogens with zero attached hydrogens (tertiary/aromatic N) is 3. The van der Waals surface area contributed by atoms with E-state index in [-0.39, 0.29) is 29.8 Å². The van der Waals surface area contributed by atoms with Gasteiger partial charge in [-0.1, -0.05) is 15.9 Å². The van der Waals surface area contributed by atoms with E-state index in [9.17, 15) is 10.1 Å². The molecule has 19 heavy (non-hydrogen) atoms. The smallest absolute Gasteiger partial charge is 0.312 e. The van der Waals surface area contributed by atoms with Crippen molar-refractivity contribution in [2.75, 3.05) is 7.11 Å². The summed E-state index contributed by atoms with van der Waals surface area (Å²) in [5.41, 5.74) is 10.4. The minimum absolute atomic E-state index is 0. The van der Waals surface area contributed by atoms with Crippen molar-refractivity contribution in [1.82, 2.24) is 0 Å². The molecule has 0 aliphatic rings. The van der Waals surface area contributed by atoms with Crippen molar-refractivity contribution >= 4 is 46.2 Å². The molecule has 0 spiro atoms. The first-order valence-corrected chi connectivity index (χ1v) is 5.39. The lowest BCUT2D eigenvalue weighted by Gasteiger charge is -2.05. The number of benzene rings is 1. The summed E-state index contributed by atoms with van der Waals surface area (Å²) >= 11 is 3.16. The maximum atomic E-state index is 10.9. The van der Waals surface area contributed by atoms with Crippen LogP contribution in [0.5, 0.6) is 5.75 Å². The van der Waals surface area contributed by atoms with E-state index < -0.39 is 4.92 Å². The Labute approximate surface area is 123 Å². The van der Waals surface area contributed by atoms with Crippen molar-refractivity contribution in [3.63, 3.8) is 0 Å². The van der Waals surface area contributed by atoms with E-state index in [0.29, 0.717) is 10.0 Å². The van der Waals surface area contributed by atoms with Gasteiger partial charge in [0, 0.05) is 16.1 Å². The average Bonchev–Trinajstić information content (AvgIpc) is 2.27. The van der Waals surface area contributed by atoms with Crippen LogP contribution in [0.25, 0.3) is 0 Å². The lowest BCUT2D eigenvalue weighted by atomic mass is 10.2. The molecule has 0 amide bonds. The number of nitro benzene ring substituents is 1. The first kappa shape index (κ1) is 17.1. The fraction of sp³-hybridized carbons (Fsp3) is 0.111. The Hall–Kier alpha value is -1.87. The number of ether oxygens (including phenoxy) is 1. The third-order valence-electron chi connectivity index (χ3n) is 1.83. The predicted molar refractivity (Wildman–Crippen MR) is 78.0 cm³/mol. The number of halogens is 2. The highest BCUT2D eigenvalue weighted by Gasteiger charge is 2.19. The van der Waals surface area contributed by atoms with E-state index >= 15 is 0 Å². The molecule has 0 saturated carbocycles. The quantitative estimate of drug-likeness (QED) is 0.366. The van der Waals surface area contributed by atoms with Crippen molar-refractivity contribution in [1.29, 1.82) is 0 Å². The minimum Gasteiger partial charge on any atom is -0.490 e. The van der Waals surface area contributed by atoms with Crippen LogP contribution in [0.1, 0.15) is 5.56 Å². The summed E-state index contributed by atoms with van der Waals surface area (Å²) in [6, 6.07) is 2.92. The molecule has 0 bridgehead atoms. The molecule has 0 fully saturated rings. The summed E-state index contributed by atoms with van der Waals surface area (Å²) in [7, 11) is 1.33. The van der Waals surface area contributed by atoms with E-state index in [0.717, 1.165) is 0 Å². The standard InChI is InChI=1S/C9H10BrN5O3.ClH/c1-18-8-5(4-13-14-9(11)12)2-6(10)3-7(8)15(16)17;/h2-4H,1H3,(H4,11,12,14);1H/b13-4+;. The molecule has 8 nitrogen and oxygen atoms in total. The highest BCUT2D eigenvalue weighted by molar-refractivity contribution is 9.10. The molecule has 1 rings (SSSR count). The van der Waals surface area contributed by atoms with Crippen LogP contribution in [0.15, 0.2) is 26.8 Å². The lowest BCUT2D eigenvalue weighted by Crippen LogP contribution is -2.21.